The fourth-order valence-electron chi connectivity index (χ4n) is 2.09. The molecule has 0 atom stereocenters. The molecule has 0 aliphatic carbocycles. The van der Waals surface area contributed by atoms with E-state index in [4.69, 9.17) is 4.74 Å². The number of alkyl halides is 3. The monoisotopic (exact) mass is 382 g/mol. The molecule has 27 heavy (non-hydrogen) atoms. The van der Waals surface area contributed by atoms with E-state index in [2.05, 4.69) is 15.3 Å². The molecule has 0 spiro atoms. The van der Waals surface area contributed by atoms with Gasteiger partial charge in [-0.2, -0.15) is 13.2 Å². The summed E-state index contributed by atoms with van der Waals surface area (Å²) in [4.78, 5) is 22.0. The number of nitrogens with zero attached hydrogens (tertiary/aromatic N) is 3. The molecule has 2 rings (SSSR count). The zero-order valence-corrected chi connectivity index (χ0v) is 15.5. The molecule has 2 aromatic heterocycles. The molecule has 6 nitrogen and oxygen atoms in total. The lowest BCUT2D eigenvalue weighted by molar-refractivity contribution is -0.137. The van der Waals surface area contributed by atoms with Gasteiger partial charge in [0.1, 0.15) is 12.4 Å². The minimum atomic E-state index is -4.45. The van der Waals surface area contributed by atoms with Crippen molar-refractivity contribution >= 4 is 11.7 Å². The molecular weight excluding hydrogens is 361 g/mol. The van der Waals surface area contributed by atoms with Gasteiger partial charge >= 0.3 is 6.18 Å². The van der Waals surface area contributed by atoms with Crippen LogP contribution in [0.3, 0.4) is 0 Å². The van der Waals surface area contributed by atoms with Gasteiger partial charge in [-0.1, -0.05) is 0 Å². The molecule has 0 radical (unpaired) electrons. The molecule has 0 unspecified atom stereocenters. The van der Waals surface area contributed by atoms with E-state index in [1.54, 1.807) is 26.0 Å². The van der Waals surface area contributed by atoms with Crippen molar-refractivity contribution in [1.82, 2.24) is 15.3 Å². The quantitative estimate of drug-likeness (QED) is 0.831. The Morgan fingerprint density at radius 2 is 1.81 bits per heavy atom. The molecule has 2 aromatic rings. The summed E-state index contributed by atoms with van der Waals surface area (Å²) in [5.41, 5.74) is -1.24. The Hall–Kier alpha value is -2.84. The van der Waals surface area contributed by atoms with Crippen molar-refractivity contribution in [1.29, 1.82) is 0 Å². The second-order valence-electron chi connectivity index (χ2n) is 6.81. The lowest BCUT2D eigenvalue weighted by atomic mass is 10.1. The summed E-state index contributed by atoms with van der Waals surface area (Å²) < 4.78 is 43.0. The first-order valence-electron chi connectivity index (χ1n) is 8.10. The smallest absolute Gasteiger partial charge is 0.417 e. The summed E-state index contributed by atoms with van der Waals surface area (Å²) in [5, 5.41) is 2.80. The fourth-order valence-corrected chi connectivity index (χ4v) is 2.09. The summed E-state index contributed by atoms with van der Waals surface area (Å²) in [6.07, 6.45) is -2.27. The predicted molar refractivity (Wildman–Crippen MR) is 94.8 cm³/mol. The van der Waals surface area contributed by atoms with Crippen LogP contribution in [0.4, 0.5) is 19.0 Å². The van der Waals surface area contributed by atoms with Gasteiger partial charge in [-0.25, -0.2) is 9.97 Å². The van der Waals surface area contributed by atoms with Gasteiger partial charge in [0.2, 0.25) is 5.88 Å². The van der Waals surface area contributed by atoms with E-state index in [9.17, 15) is 18.0 Å². The van der Waals surface area contributed by atoms with Gasteiger partial charge < -0.3 is 15.0 Å². The largest absolute Gasteiger partial charge is 0.475 e. The van der Waals surface area contributed by atoms with Crippen LogP contribution in [-0.2, 0) is 6.18 Å². The van der Waals surface area contributed by atoms with Gasteiger partial charge in [-0.3, -0.25) is 4.79 Å². The Kier molecular flexibility index (Phi) is 5.92. The molecular formula is C18H21F3N4O2. The summed E-state index contributed by atoms with van der Waals surface area (Å²) in [6, 6.07) is 5.42. The molecule has 1 amide bonds. The first-order chi connectivity index (χ1) is 12.5. The van der Waals surface area contributed by atoms with Gasteiger partial charge in [0.25, 0.3) is 5.91 Å². The number of halogens is 3. The Morgan fingerprint density at radius 1 is 1.11 bits per heavy atom. The predicted octanol–water partition coefficient (Wildman–Crippen LogP) is 3.15. The highest BCUT2D eigenvalue weighted by atomic mass is 19.4. The van der Waals surface area contributed by atoms with Crippen LogP contribution in [-0.4, -0.2) is 42.1 Å². The lowest BCUT2D eigenvalue weighted by Crippen LogP contribution is -2.47. The number of aromatic nitrogens is 2. The lowest BCUT2D eigenvalue weighted by Gasteiger charge is -2.26. The van der Waals surface area contributed by atoms with E-state index < -0.39 is 17.3 Å². The zero-order chi connectivity index (χ0) is 20.2. The Balaban J connectivity index is 1.94. The maximum Gasteiger partial charge on any atom is 0.417 e. The van der Waals surface area contributed by atoms with Crippen LogP contribution in [0.2, 0.25) is 0 Å². The van der Waals surface area contributed by atoms with Crippen LogP contribution in [0, 0.1) is 0 Å². The Labute approximate surface area is 155 Å². The van der Waals surface area contributed by atoms with Crippen LogP contribution in [0.15, 0.2) is 36.7 Å². The van der Waals surface area contributed by atoms with Crippen LogP contribution in [0.1, 0.15) is 29.8 Å². The van der Waals surface area contributed by atoms with E-state index >= 15 is 0 Å². The van der Waals surface area contributed by atoms with Crippen molar-refractivity contribution in [2.45, 2.75) is 25.6 Å². The normalized spacial score (nSPS) is 11.8. The van der Waals surface area contributed by atoms with Crippen molar-refractivity contribution in [3.8, 4) is 5.88 Å². The number of ether oxygens (including phenoxy) is 1. The third-order valence-electron chi connectivity index (χ3n) is 3.56. The first kappa shape index (κ1) is 20.5. The molecule has 0 fully saturated rings. The van der Waals surface area contributed by atoms with Crippen LogP contribution in [0.5, 0.6) is 5.88 Å². The van der Waals surface area contributed by atoms with E-state index in [-0.39, 0.29) is 18.4 Å². The minimum absolute atomic E-state index is 0.0281. The van der Waals surface area contributed by atoms with Crippen molar-refractivity contribution < 1.29 is 22.7 Å². The second-order valence-corrected chi connectivity index (χ2v) is 6.81. The minimum Gasteiger partial charge on any atom is -0.475 e. The van der Waals surface area contributed by atoms with Crippen molar-refractivity contribution in [3.63, 3.8) is 0 Å². The molecule has 0 saturated carbocycles. The number of nitrogens with one attached hydrogen (secondary N) is 1. The number of carbonyl (C=O) groups is 1. The van der Waals surface area contributed by atoms with Gasteiger partial charge in [0, 0.05) is 32.6 Å². The van der Waals surface area contributed by atoms with Crippen LogP contribution >= 0.6 is 0 Å². The summed E-state index contributed by atoms with van der Waals surface area (Å²) in [5.74, 6) is 0.437. The molecule has 9 heteroatoms. The summed E-state index contributed by atoms with van der Waals surface area (Å²) in [6.45, 7) is 3.49. The first-order valence-corrected chi connectivity index (χ1v) is 8.10. The molecule has 0 aliphatic heterocycles. The SMILES string of the molecule is CN(C)c1ccc(C(=O)NC(C)(C)COc2ccc(C(F)(F)F)cn2)cn1. The highest BCUT2D eigenvalue weighted by Gasteiger charge is 2.31. The Bertz CT molecular complexity index is 773. The number of carbonyl (C=O) groups excluding carboxylic acids is 1. The zero-order valence-electron chi connectivity index (χ0n) is 15.5. The van der Waals surface area contributed by atoms with Crippen LogP contribution in [0.25, 0.3) is 0 Å². The van der Waals surface area contributed by atoms with Crippen molar-refractivity contribution in [2.24, 2.45) is 0 Å². The van der Waals surface area contributed by atoms with E-state index in [0.29, 0.717) is 11.8 Å². The number of amides is 1. The number of pyridine rings is 2. The maximum atomic E-state index is 12.5. The Morgan fingerprint density at radius 3 is 2.30 bits per heavy atom. The summed E-state index contributed by atoms with van der Waals surface area (Å²) in [7, 11) is 3.69. The van der Waals surface area contributed by atoms with Crippen molar-refractivity contribution in [2.75, 3.05) is 25.6 Å². The average molecular weight is 382 g/mol. The molecule has 1 N–H and O–H groups in total. The molecule has 2 heterocycles. The highest BCUT2D eigenvalue weighted by molar-refractivity contribution is 5.94. The number of rotatable bonds is 6. The number of anilines is 1. The van der Waals surface area contributed by atoms with E-state index in [0.717, 1.165) is 18.0 Å². The van der Waals surface area contributed by atoms with E-state index in [1.165, 1.54) is 6.20 Å². The van der Waals surface area contributed by atoms with Gasteiger partial charge in [-0.15, -0.1) is 0 Å². The maximum absolute atomic E-state index is 12.5. The van der Waals surface area contributed by atoms with Gasteiger partial charge in [-0.05, 0) is 32.0 Å². The second kappa shape index (κ2) is 7.81. The topological polar surface area (TPSA) is 67.4 Å². The highest BCUT2D eigenvalue weighted by Crippen LogP contribution is 2.29. The van der Waals surface area contributed by atoms with Gasteiger partial charge in [0.05, 0.1) is 16.7 Å². The standard InChI is InChI=1S/C18H21F3N4O2/c1-17(2,11-27-15-8-6-13(10-23-15)18(19,20)21)24-16(26)12-5-7-14(22-9-12)25(3)4/h5-10H,11H2,1-4H3,(H,24,26). The third-order valence-corrected chi connectivity index (χ3v) is 3.56. The van der Waals surface area contributed by atoms with Crippen molar-refractivity contribution in [3.05, 3.63) is 47.8 Å². The molecule has 0 saturated heterocycles. The number of hydrogen-bond donors (Lipinski definition) is 1. The molecule has 146 valence electrons. The van der Waals surface area contributed by atoms with E-state index in [1.807, 2.05) is 19.0 Å². The van der Waals surface area contributed by atoms with Crippen LogP contribution < -0.4 is 15.0 Å². The number of hydrogen-bond acceptors (Lipinski definition) is 5. The molecule has 0 bridgehead atoms. The average Bonchev–Trinajstić information content (AvgIpc) is 2.59. The summed E-state index contributed by atoms with van der Waals surface area (Å²) >= 11 is 0. The van der Waals surface area contributed by atoms with Gasteiger partial charge in [0.15, 0.2) is 0 Å². The fraction of sp³-hybridized carbons (Fsp3) is 0.389. The molecule has 0 aromatic carbocycles. The molecule has 0 aliphatic rings. The third kappa shape index (κ3) is 5.83.